The Morgan fingerprint density at radius 1 is 0.960 bits per heavy atom. The van der Waals surface area contributed by atoms with Crippen LogP contribution in [0.25, 0.3) is 10.8 Å². The van der Waals surface area contributed by atoms with Gasteiger partial charge < -0.3 is 5.32 Å². The van der Waals surface area contributed by atoms with E-state index in [0.717, 1.165) is 10.5 Å². The van der Waals surface area contributed by atoms with Crippen LogP contribution in [0.15, 0.2) is 71.6 Å². The molecule has 0 spiro atoms. The van der Waals surface area contributed by atoms with Gasteiger partial charge in [-0.15, -0.1) is 11.8 Å². The number of thioether (sulfide) groups is 1. The van der Waals surface area contributed by atoms with Crippen molar-refractivity contribution in [3.63, 3.8) is 0 Å². The fourth-order valence-electron chi connectivity index (χ4n) is 2.66. The fraction of sp³-hybridized carbons (Fsp3) is 0.190. The van der Waals surface area contributed by atoms with Crippen LogP contribution >= 0.6 is 11.8 Å². The van der Waals surface area contributed by atoms with Crippen LogP contribution in [-0.2, 0) is 4.79 Å². The summed E-state index contributed by atoms with van der Waals surface area (Å²) < 4.78 is 13.0. The van der Waals surface area contributed by atoms with E-state index in [1.807, 2.05) is 32.0 Å². The molecule has 3 aromatic rings. The number of hydrogen-bond donors (Lipinski definition) is 1. The zero-order chi connectivity index (χ0) is 17.8. The number of amides is 1. The first-order valence-corrected chi connectivity index (χ1v) is 9.12. The van der Waals surface area contributed by atoms with Crippen molar-refractivity contribution in [2.75, 3.05) is 0 Å². The molecule has 0 aliphatic rings. The van der Waals surface area contributed by atoms with Crippen LogP contribution in [0.4, 0.5) is 4.39 Å². The van der Waals surface area contributed by atoms with E-state index in [-0.39, 0.29) is 23.0 Å². The molecule has 0 bridgehead atoms. The normalized spacial score (nSPS) is 13.4. The Balaban J connectivity index is 1.64. The summed E-state index contributed by atoms with van der Waals surface area (Å²) in [6.45, 7) is 3.80. The van der Waals surface area contributed by atoms with Crippen molar-refractivity contribution >= 4 is 28.4 Å². The Kier molecular flexibility index (Phi) is 5.39. The molecule has 1 N–H and O–H groups in total. The zero-order valence-electron chi connectivity index (χ0n) is 14.2. The summed E-state index contributed by atoms with van der Waals surface area (Å²) >= 11 is 1.53. The lowest BCUT2D eigenvalue weighted by Crippen LogP contribution is -2.33. The Labute approximate surface area is 151 Å². The molecule has 2 atom stereocenters. The first kappa shape index (κ1) is 17.5. The topological polar surface area (TPSA) is 29.1 Å². The van der Waals surface area contributed by atoms with E-state index in [4.69, 9.17) is 0 Å². The lowest BCUT2D eigenvalue weighted by atomic mass is 10.1. The molecule has 1 amide bonds. The van der Waals surface area contributed by atoms with Crippen molar-refractivity contribution < 1.29 is 9.18 Å². The molecule has 0 unspecified atom stereocenters. The third kappa shape index (κ3) is 4.40. The first-order valence-electron chi connectivity index (χ1n) is 8.24. The average molecular weight is 353 g/mol. The molecular weight excluding hydrogens is 333 g/mol. The van der Waals surface area contributed by atoms with Crippen LogP contribution < -0.4 is 5.32 Å². The Morgan fingerprint density at radius 2 is 1.64 bits per heavy atom. The van der Waals surface area contributed by atoms with Gasteiger partial charge in [-0.2, -0.15) is 0 Å². The molecule has 4 heteroatoms. The maximum Gasteiger partial charge on any atom is 0.233 e. The van der Waals surface area contributed by atoms with Crippen molar-refractivity contribution in [2.24, 2.45) is 0 Å². The predicted octanol–water partition coefficient (Wildman–Crippen LogP) is 5.34. The van der Waals surface area contributed by atoms with Crippen LogP contribution in [0, 0.1) is 5.82 Å². The van der Waals surface area contributed by atoms with Crippen LogP contribution in [0.2, 0.25) is 0 Å². The molecule has 0 fully saturated rings. The van der Waals surface area contributed by atoms with Gasteiger partial charge in [0.2, 0.25) is 5.91 Å². The van der Waals surface area contributed by atoms with Gasteiger partial charge in [0.05, 0.1) is 11.3 Å². The summed E-state index contributed by atoms with van der Waals surface area (Å²) in [5.41, 5.74) is 0.887. The Bertz CT molecular complexity index is 878. The number of carbonyl (C=O) groups excluding carboxylic acids is 1. The van der Waals surface area contributed by atoms with Crippen molar-refractivity contribution in [3.05, 3.63) is 78.1 Å². The van der Waals surface area contributed by atoms with Gasteiger partial charge in [-0.25, -0.2) is 4.39 Å². The molecule has 0 saturated carbocycles. The molecular formula is C21H20FNOS. The molecule has 25 heavy (non-hydrogen) atoms. The highest BCUT2D eigenvalue weighted by Crippen LogP contribution is 2.27. The molecule has 0 radical (unpaired) electrons. The van der Waals surface area contributed by atoms with E-state index in [0.29, 0.717) is 0 Å². The quantitative estimate of drug-likeness (QED) is 0.628. The third-order valence-electron chi connectivity index (χ3n) is 4.13. The first-order chi connectivity index (χ1) is 12.0. The molecule has 0 saturated heterocycles. The SMILES string of the molecule is C[C@@H](Sc1ccc2ccccc2c1)C(=O)N[C@H](C)c1ccc(F)cc1. The zero-order valence-corrected chi connectivity index (χ0v) is 15.0. The largest absolute Gasteiger partial charge is 0.349 e. The standard InChI is InChI=1S/C21H20FNOS/c1-14(16-7-10-19(22)11-8-16)23-21(24)15(2)25-20-12-9-17-5-3-4-6-18(17)13-20/h3-15H,1-2H3,(H,23,24)/t14-,15-/m1/s1. The third-order valence-corrected chi connectivity index (χ3v) is 5.23. The second-order valence-corrected chi connectivity index (χ2v) is 7.47. The molecule has 0 aliphatic heterocycles. The minimum Gasteiger partial charge on any atom is -0.349 e. The summed E-state index contributed by atoms with van der Waals surface area (Å²) in [5.74, 6) is -0.308. The molecule has 0 aromatic heterocycles. The van der Waals surface area contributed by atoms with Gasteiger partial charge in [-0.05, 0) is 54.4 Å². The lowest BCUT2D eigenvalue weighted by molar-refractivity contribution is -0.120. The number of hydrogen-bond acceptors (Lipinski definition) is 2. The molecule has 0 aliphatic carbocycles. The van der Waals surface area contributed by atoms with E-state index in [2.05, 4.69) is 29.6 Å². The van der Waals surface area contributed by atoms with E-state index in [1.54, 1.807) is 12.1 Å². The van der Waals surface area contributed by atoms with Gasteiger partial charge in [0, 0.05) is 4.90 Å². The van der Waals surface area contributed by atoms with E-state index in [9.17, 15) is 9.18 Å². The van der Waals surface area contributed by atoms with Crippen LogP contribution in [0.3, 0.4) is 0 Å². The van der Waals surface area contributed by atoms with Crippen molar-refractivity contribution in [1.29, 1.82) is 0 Å². The van der Waals surface area contributed by atoms with Gasteiger partial charge in [-0.3, -0.25) is 4.79 Å². The van der Waals surface area contributed by atoms with E-state index in [1.165, 1.54) is 34.7 Å². The number of carbonyl (C=O) groups is 1. The van der Waals surface area contributed by atoms with Gasteiger partial charge >= 0.3 is 0 Å². The van der Waals surface area contributed by atoms with Crippen LogP contribution in [0.1, 0.15) is 25.5 Å². The number of fused-ring (bicyclic) bond motifs is 1. The van der Waals surface area contributed by atoms with Crippen molar-refractivity contribution in [3.8, 4) is 0 Å². The maximum absolute atomic E-state index is 13.0. The summed E-state index contributed by atoms with van der Waals surface area (Å²) in [4.78, 5) is 13.5. The summed E-state index contributed by atoms with van der Waals surface area (Å²) in [6, 6.07) is 20.4. The molecule has 128 valence electrons. The second-order valence-electron chi connectivity index (χ2n) is 6.05. The highest BCUT2D eigenvalue weighted by Gasteiger charge is 2.17. The maximum atomic E-state index is 13.0. The monoisotopic (exact) mass is 353 g/mol. The van der Waals surface area contributed by atoms with Crippen molar-refractivity contribution in [1.82, 2.24) is 5.32 Å². The molecule has 0 heterocycles. The lowest BCUT2D eigenvalue weighted by Gasteiger charge is -2.18. The van der Waals surface area contributed by atoms with Crippen molar-refractivity contribution in [2.45, 2.75) is 30.0 Å². The van der Waals surface area contributed by atoms with Gasteiger partial charge in [0.1, 0.15) is 5.82 Å². The highest BCUT2D eigenvalue weighted by atomic mass is 32.2. The van der Waals surface area contributed by atoms with Crippen LogP contribution in [-0.4, -0.2) is 11.2 Å². The van der Waals surface area contributed by atoms with Gasteiger partial charge in [0.25, 0.3) is 0 Å². The molecule has 3 aromatic carbocycles. The van der Waals surface area contributed by atoms with Gasteiger partial charge in [0.15, 0.2) is 0 Å². The number of nitrogens with one attached hydrogen (secondary N) is 1. The summed E-state index contributed by atoms with van der Waals surface area (Å²) in [5, 5.41) is 5.13. The number of rotatable bonds is 5. The second kappa shape index (κ2) is 7.70. The van der Waals surface area contributed by atoms with E-state index < -0.39 is 0 Å². The molecule has 2 nitrogen and oxygen atoms in total. The molecule has 3 rings (SSSR count). The summed E-state index contributed by atoms with van der Waals surface area (Å²) in [7, 11) is 0. The fourth-order valence-corrected chi connectivity index (χ4v) is 3.59. The minimum atomic E-state index is -0.275. The van der Waals surface area contributed by atoms with E-state index >= 15 is 0 Å². The Hall–Kier alpha value is -2.33. The highest BCUT2D eigenvalue weighted by molar-refractivity contribution is 8.00. The Morgan fingerprint density at radius 3 is 2.36 bits per heavy atom. The van der Waals surface area contributed by atoms with Gasteiger partial charge in [-0.1, -0.05) is 42.5 Å². The minimum absolute atomic E-state index is 0.0324. The van der Waals surface area contributed by atoms with Crippen LogP contribution in [0.5, 0.6) is 0 Å². The summed E-state index contributed by atoms with van der Waals surface area (Å²) in [6.07, 6.45) is 0. The smallest absolute Gasteiger partial charge is 0.233 e. The number of benzene rings is 3. The average Bonchev–Trinajstić information content (AvgIpc) is 2.62. The predicted molar refractivity (Wildman–Crippen MR) is 102 cm³/mol. The number of halogens is 1.